The van der Waals surface area contributed by atoms with Crippen molar-refractivity contribution in [2.75, 3.05) is 26.2 Å². The summed E-state index contributed by atoms with van der Waals surface area (Å²) in [4.78, 5) is 32.8. The Kier molecular flexibility index (Phi) is 5.05. The van der Waals surface area contributed by atoms with Crippen LogP contribution in [0.25, 0.3) is 10.9 Å². The molecule has 2 N–H and O–H groups in total. The molecule has 144 valence electrons. The second kappa shape index (κ2) is 7.62. The number of nitrogens with zero attached hydrogens (tertiary/aromatic N) is 2. The number of carbonyl (C=O) groups excluding carboxylic acids is 2. The molecular formula is C21H28N4O2. The van der Waals surface area contributed by atoms with Crippen LogP contribution in [0.3, 0.4) is 0 Å². The van der Waals surface area contributed by atoms with Crippen molar-refractivity contribution >= 4 is 22.8 Å². The highest BCUT2D eigenvalue weighted by atomic mass is 16.2. The summed E-state index contributed by atoms with van der Waals surface area (Å²) in [5, 5.41) is 4.13. The second-order valence-electron chi connectivity index (χ2n) is 7.73. The molecule has 1 aromatic heterocycles. The number of aryl methyl sites for hydroxylation is 1. The van der Waals surface area contributed by atoms with E-state index in [2.05, 4.69) is 10.3 Å². The molecule has 0 atom stereocenters. The van der Waals surface area contributed by atoms with Gasteiger partial charge in [-0.15, -0.1) is 0 Å². The smallest absolute Gasteiger partial charge is 0.317 e. The Morgan fingerprint density at radius 1 is 1.00 bits per heavy atom. The summed E-state index contributed by atoms with van der Waals surface area (Å²) in [5.74, 6) is 0.0583. The molecule has 6 heteroatoms. The van der Waals surface area contributed by atoms with Crippen molar-refractivity contribution < 1.29 is 9.59 Å². The van der Waals surface area contributed by atoms with Crippen LogP contribution in [0, 0.1) is 6.92 Å². The molecule has 0 spiro atoms. The van der Waals surface area contributed by atoms with E-state index in [0.717, 1.165) is 41.4 Å². The van der Waals surface area contributed by atoms with E-state index in [1.165, 1.54) is 12.8 Å². The first kappa shape index (κ1) is 17.9. The van der Waals surface area contributed by atoms with Gasteiger partial charge < -0.3 is 20.1 Å². The van der Waals surface area contributed by atoms with Gasteiger partial charge in [0.05, 0.1) is 5.56 Å². The highest BCUT2D eigenvalue weighted by Crippen LogP contribution is 2.24. The van der Waals surface area contributed by atoms with Gasteiger partial charge in [-0.25, -0.2) is 4.79 Å². The number of aromatic amines is 1. The minimum atomic E-state index is 0.0273. The summed E-state index contributed by atoms with van der Waals surface area (Å²) in [6.07, 6.45) is 5.40. The second-order valence-corrected chi connectivity index (χ2v) is 7.73. The van der Waals surface area contributed by atoms with Crippen LogP contribution in [0.5, 0.6) is 0 Å². The fourth-order valence-corrected chi connectivity index (χ4v) is 4.37. The quantitative estimate of drug-likeness (QED) is 0.854. The summed E-state index contributed by atoms with van der Waals surface area (Å²) in [6, 6.07) is 8.28. The standard InChI is InChI=1S/C21H28N4O2/c1-15-19(17-9-4-5-10-18(17)22-15)20(26)24-11-6-12-25(14-13-24)21(27)23-16-7-2-3-8-16/h4-5,9-10,16,22H,2-3,6-8,11-14H2,1H3,(H,23,27). The zero-order valence-electron chi connectivity index (χ0n) is 16.0. The van der Waals surface area contributed by atoms with Crippen molar-refractivity contribution in [2.24, 2.45) is 0 Å². The molecule has 1 saturated heterocycles. The lowest BCUT2D eigenvalue weighted by atomic mass is 10.1. The molecule has 3 amide bonds. The lowest BCUT2D eigenvalue weighted by Crippen LogP contribution is -2.45. The maximum Gasteiger partial charge on any atom is 0.317 e. The van der Waals surface area contributed by atoms with E-state index in [1.54, 1.807) is 0 Å². The average Bonchev–Trinajstić information content (AvgIpc) is 3.20. The normalized spacial score (nSPS) is 18.7. The highest BCUT2D eigenvalue weighted by molar-refractivity contribution is 6.08. The molecule has 27 heavy (non-hydrogen) atoms. The minimum Gasteiger partial charge on any atom is -0.358 e. The molecule has 2 heterocycles. The highest BCUT2D eigenvalue weighted by Gasteiger charge is 2.27. The predicted octanol–water partition coefficient (Wildman–Crippen LogP) is 3.28. The Morgan fingerprint density at radius 3 is 2.52 bits per heavy atom. The fraction of sp³-hybridized carbons (Fsp3) is 0.524. The number of fused-ring (bicyclic) bond motifs is 1. The molecule has 6 nitrogen and oxygen atoms in total. The largest absolute Gasteiger partial charge is 0.358 e. The van der Waals surface area contributed by atoms with E-state index in [1.807, 2.05) is 41.0 Å². The monoisotopic (exact) mass is 368 g/mol. The zero-order valence-corrected chi connectivity index (χ0v) is 16.0. The van der Waals surface area contributed by atoms with Gasteiger partial charge in [0, 0.05) is 48.8 Å². The van der Waals surface area contributed by atoms with Crippen LogP contribution in [-0.2, 0) is 0 Å². The average molecular weight is 368 g/mol. The van der Waals surface area contributed by atoms with Gasteiger partial charge >= 0.3 is 6.03 Å². The van der Waals surface area contributed by atoms with Crippen molar-refractivity contribution in [1.82, 2.24) is 20.1 Å². The number of rotatable bonds is 2. The summed E-state index contributed by atoms with van der Waals surface area (Å²) in [7, 11) is 0. The summed E-state index contributed by atoms with van der Waals surface area (Å²) in [5.41, 5.74) is 2.65. The molecule has 1 aliphatic carbocycles. The Bertz CT molecular complexity index is 838. The van der Waals surface area contributed by atoms with E-state index in [0.29, 0.717) is 32.2 Å². The third-order valence-electron chi connectivity index (χ3n) is 5.86. The third kappa shape index (κ3) is 3.66. The minimum absolute atomic E-state index is 0.0273. The van der Waals surface area contributed by atoms with Crippen LogP contribution < -0.4 is 5.32 Å². The number of amides is 3. The molecule has 0 bridgehead atoms. The fourth-order valence-electron chi connectivity index (χ4n) is 4.37. The molecule has 1 saturated carbocycles. The van der Waals surface area contributed by atoms with Crippen LogP contribution in [0.15, 0.2) is 24.3 Å². The number of para-hydroxylation sites is 1. The number of hydrogen-bond donors (Lipinski definition) is 2. The Hall–Kier alpha value is -2.50. The first-order valence-corrected chi connectivity index (χ1v) is 10.1. The van der Waals surface area contributed by atoms with E-state index in [-0.39, 0.29) is 11.9 Å². The Labute approximate surface area is 159 Å². The van der Waals surface area contributed by atoms with Crippen LogP contribution >= 0.6 is 0 Å². The first-order valence-electron chi connectivity index (χ1n) is 10.1. The molecule has 2 fully saturated rings. The molecular weight excluding hydrogens is 340 g/mol. The van der Waals surface area contributed by atoms with Gasteiger partial charge in [-0.1, -0.05) is 31.0 Å². The maximum atomic E-state index is 13.2. The van der Waals surface area contributed by atoms with Crippen LogP contribution in [0.2, 0.25) is 0 Å². The van der Waals surface area contributed by atoms with Gasteiger partial charge in [0.2, 0.25) is 0 Å². The van der Waals surface area contributed by atoms with Crippen molar-refractivity contribution in [3.63, 3.8) is 0 Å². The van der Waals surface area contributed by atoms with Gasteiger partial charge in [0.1, 0.15) is 0 Å². The van der Waals surface area contributed by atoms with Crippen molar-refractivity contribution in [3.05, 3.63) is 35.5 Å². The number of hydrogen-bond acceptors (Lipinski definition) is 2. The van der Waals surface area contributed by atoms with Crippen molar-refractivity contribution in [2.45, 2.75) is 45.1 Å². The molecule has 4 rings (SSSR count). The number of H-pyrrole nitrogens is 1. The number of aromatic nitrogens is 1. The predicted molar refractivity (Wildman–Crippen MR) is 106 cm³/mol. The SMILES string of the molecule is Cc1[nH]c2ccccc2c1C(=O)N1CCCN(C(=O)NC2CCCC2)CC1. The first-order chi connectivity index (χ1) is 13.1. The van der Waals surface area contributed by atoms with Crippen LogP contribution in [0.1, 0.15) is 48.2 Å². The van der Waals surface area contributed by atoms with Gasteiger partial charge in [-0.05, 0) is 32.3 Å². The van der Waals surface area contributed by atoms with Crippen molar-refractivity contribution in [3.8, 4) is 0 Å². The van der Waals surface area contributed by atoms with Crippen LogP contribution in [-0.4, -0.2) is 58.9 Å². The molecule has 1 aliphatic heterocycles. The number of nitrogens with one attached hydrogen (secondary N) is 2. The summed E-state index contributed by atoms with van der Waals surface area (Å²) in [6.45, 7) is 4.51. The molecule has 2 aliphatic rings. The Morgan fingerprint density at radius 2 is 1.70 bits per heavy atom. The third-order valence-corrected chi connectivity index (χ3v) is 5.86. The molecule has 0 radical (unpaired) electrons. The molecule has 0 unspecified atom stereocenters. The zero-order chi connectivity index (χ0) is 18.8. The van der Waals surface area contributed by atoms with Crippen molar-refractivity contribution in [1.29, 1.82) is 0 Å². The maximum absolute atomic E-state index is 13.2. The van der Waals surface area contributed by atoms with Gasteiger partial charge in [-0.2, -0.15) is 0 Å². The van der Waals surface area contributed by atoms with E-state index < -0.39 is 0 Å². The number of benzene rings is 1. The molecule has 1 aromatic carbocycles. The van der Waals surface area contributed by atoms with E-state index >= 15 is 0 Å². The van der Waals surface area contributed by atoms with Gasteiger partial charge in [0.25, 0.3) is 5.91 Å². The number of carbonyl (C=O) groups is 2. The van der Waals surface area contributed by atoms with E-state index in [9.17, 15) is 9.59 Å². The van der Waals surface area contributed by atoms with E-state index in [4.69, 9.17) is 0 Å². The lowest BCUT2D eigenvalue weighted by Gasteiger charge is -2.24. The summed E-state index contributed by atoms with van der Waals surface area (Å²) >= 11 is 0. The lowest BCUT2D eigenvalue weighted by molar-refractivity contribution is 0.0763. The summed E-state index contributed by atoms with van der Waals surface area (Å²) < 4.78 is 0. The Balaban J connectivity index is 1.43. The van der Waals surface area contributed by atoms with Gasteiger partial charge in [-0.3, -0.25) is 4.79 Å². The topological polar surface area (TPSA) is 68.4 Å². The number of urea groups is 1. The molecule has 2 aromatic rings. The van der Waals surface area contributed by atoms with Gasteiger partial charge in [0.15, 0.2) is 0 Å². The van der Waals surface area contributed by atoms with Crippen LogP contribution in [0.4, 0.5) is 4.79 Å².